The zero-order chi connectivity index (χ0) is 23.5. The third kappa shape index (κ3) is 5.78. The minimum Gasteiger partial charge on any atom is -0.356 e. The molecule has 1 aromatic heterocycles. The summed E-state index contributed by atoms with van der Waals surface area (Å²) in [6.45, 7) is 12.3. The first-order valence-corrected chi connectivity index (χ1v) is 12.9. The van der Waals surface area contributed by atoms with Crippen molar-refractivity contribution >= 4 is 15.9 Å². The highest BCUT2D eigenvalue weighted by molar-refractivity contribution is 7.89. The maximum absolute atomic E-state index is 13.0. The fourth-order valence-corrected chi connectivity index (χ4v) is 5.64. The van der Waals surface area contributed by atoms with Crippen LogP contribution in [0.25, 0.3) is 0 Å². The van der Waals surface area contributed by atoms with Crippen molar-refractivity contribution in [1.29, 1.82) is 0 Å². The molecule has 1 fully saturated rings. The second kappa shape index (κ2) is 10.2. The molecule has 1 aliphatic rings. The van der Waals surface area contributed by atoms with Crippen LogP contribution in [0.3, 0.4) is 0 Å². The lowest BCUT2D eigenvalue weighted by molar-refractivity contribution is -0.126. The fourth-order valence-electron chi connectivity index (χ4n) is 4.17. The summed E-state index contributed by atoms with van der Waals surface area (Å²) in [5.41, 5.74) is 3.23. The second-order valence-electron chi connectivity index (χ2n) is 9.36. The number of piperidine rings is 1. The van der Waals surface area contributed by atoms with Crippen LogP contribution in [-0.2, 0) is 21.4 Å². The van der Waals surface area contributed by atoms with Crippen molar-refractivity contribution in [1.82, 2.24) is 19.4 Å². The summed E-state index contributed by atoms with van der Waals surface area (Å²) in [5, 5.41) is 7.53. The van der Waals surface area contributed by atoms with Crippen LogP contribution >= 0.6 is 0 Å². The minimum atomic E-state index is -3.52. The van der Waals surface area contributed by atoms with Gasteiger partial charge in [0.2, 0.25) is 15.9 Å². The fraction of sp³-hybridized carbons (Fsp3) is 0.583. The van der Waals surface area contributed by atoms with Gasteiger partial charge in [-0.1, -0.05) is 32.9 Å². The molecule has 32 heavy (non-hydrogen) atoms. The normalized spacial score (nSPS) is 16.9. The highest BCUT2D eigenvalue weighted by atomic mass is 32.2. The Labute approximate surface area is 192 Å². The maximum atomic E-state index is 13.0. The van der Waals surface area contributed by atoms with Crippen molar-refractivity contribution in [3.63, 3.8) is 0 Å². The van der Waals surface area contributed by atoms with Gasteiger partial charge in [0, 0.05) is 37.8 Å². The van der Waals surface area contributed by atoms with E-state index in [4.69, 9.17) is 0 Å². The van der Waals surface area contributed by atoms with Gasteiger partial charge in [-0.15, -0.1) is 0 Å². The molecule has 1 amide bonds. The molecule has 0 aliphatic carbocycles. The van der Waals surface area contributed by atoms with Gasteiger partial charge in [-0.05, 0) is 62.3 Å². The van der Waals surface area contributed by atoms with Crippen LogP contribution in [0.5, 0.6) is 0 Å². The number of nitrogens with one attached hydrogen (secondary N) is 1. The molecule has 3 rings (SSSR count). The van der Waals surface area contributed by atoms with E-state index in [1.165, 1.54) is 4.31 Å². The molecule has 0 saturated carbocycles. The predicted octanol–water partition coefficient (Wildman–Crippen LogP) is 3.48. The van der Waals surface area contributed by atoms with Crippen molar-refractivity contribution < 1.29 is 13.2 Å². The third-order valence-electron chi connectivity index (χ3n) is 6.22. The molecular formula is C24H36N4O3S. The minimum absolute atomic E-state index is 0.0172. The average molecular weight is 461 g/mol. The Kier molecular flexibility index (Phi) is 7.77. The number of aromatic nitrogens is 2. The van der Waals surface area contributed by atoms with E-state index >= 15 is 0 Å². The molecule has 1 unspecified atom stereocenters. The first kappa shape index (κ1) is 24.5. The Hall–Kier alpha value is -2.19. The van der Waals surface area contributed by atoms with Gasteiger partial charge < -0.3 is 5.32 Å². The summed E-state index contributed by atoms with van der Waals surface area (Å²) in [6, 6.07) is 9.18. The van der Waals surface area contributed by atoms with Gasteiger partial charge in [-0.3, -0.25) is 9.48 Å². The average Bonchev–Trinajstić information content (AvgIpc) is 3.08. The SMILES string of the molecule is Cc1cc(C)n(CC(C)CNC(=O)C2CCN(S(=O)(=O)c3ccc(C(C)C)cc3)CC2)n1. The molecule has 1 aliphatic heterocycles. The first-order chi connectivity index (χ1) is 15.1. The number of benzene rings is 1. The molecule has 8 heteroatoms. The number of carbonyl (C=O) groups is 1. The molecule has 1 aromatic carbocycles. The molecule has 176 valence electrons. The third-order valence-corrected chi connectivity index (χ3v) is 8.13. The highest BCUT2D eigenvalue weighted by Gasteiger charge is 2.32. The highest BCUT2D eigenvalue weighted by Crippen LogP contribution is 2.25. The number of hydrogen-bond donors (Lipinski definition) is 1. The Bertz CT molecular complexity index is 1020. The van der Waals surface area contributed by atoms with E-state index in [1.807, 2.05) is 36.7 Å². The maximum Gasteiger partial charge on any atom is 0.243 e. The first-order valence-electron chi connectivity index (χ1n) is 11.5. The summed E-state index contributed by atoms with van der Waals surface area (Å²) < 4.78 is 29.4. The van der Waals surface area contributed by atoms with E-state index < -0.39 is 10.0 Å². The molecule has 0 radical (unpaired) electrons. The van der Waals surface area contributed by atoms with E-state index in [0.717, 1.165) is 23.5 Å². The van der Waals surface area contributed by atoms with Crippen molar-refractivity contribution in [3.8, 4) is 0 Å². The standard InChI is InChI=1S/C24H36N4O3S/c1-17(2)21-6-8-23(9-7-21)32(30,31)27-12-10-22(11-13-27)24(29)25-15-18(3)16-28-20(5)14-19(4)26-28/h6-9,14,17-18,22H,10-13,15-16H2,1-5H3,(H,25,29). The monoisotopic (exact) mass is 460 g/mol. The van der Waals surface area contributed by atoms with Crippen LogP contribution < -0.4 is 5.32 Å². The quantitative estimate of drug-likeness (QED) is 0.654. The zero-order valence-corrected chi connectivity index (χ0v) is 20.7. The van der Waals surface area contributed by atoms with Crippen LogP contribution in [0, 0.1) is 25.7 Å². The molecule has 0 spiro atoms. The van der Waals surface area contributed by atoms with Crippen molar-refractivity contribution in [3.05, 3.63) is 47.3 Å². The van der Waals surface area contributed by atoms with E-state index in [0.29, 0.717) is 43.3 Å². The number of hydrogen-bond acceptors (Lipinski definition) is 4. The zero-order valence-electron chi connectivity index (χ0n) is 19.8. The van der Waals surface area contributed by atoms with Crippen LogP contribution in [0.4, 0.5) is 0 Å². The van der Waals surface area contributed by atoms with E-state index in [-0.39, 0.29) is 17.7 Å². The van der Waals surface area contributed by atoms with Crippen LogP contribution in [0.2, 0.25) is 0 Å². The largest absolute Gasteiger partial charge is 0.356 e. The van der Waals surface area contributed by atoms with E-state index in [9.17, 15) is 13.2 Å². The molecule has 2 aromatic rings. The van der Waals surface area contributed by atoms with Gasteiger partial charge in [-0.2, -0.15) is 9.40 Å². The Morgan fingerprint density at radius 3 is 2.28 bits per heavy atom. The lowest BCUT2D eigenvalue weighted by Crippen LogP contribution is -2.43. The lowest BCUT2D eigenvalue weighted by Gasteiger charge is -2.30. The smallest absolute Gasteiger partial charge is 0.243 e. The Morgan fingerprint density at radius 2 is 1.75 bits per heavy atom. The molecule has 1 saturated heterocycles. The number of carbonyl (C=O) groups excluding carboxylic acids is 1. The second-order valence-corrected chi connectivity index (χ2v) is 11.3. The van der Waals surface area contributed by atoms with Gasteiger partial charge in [0.25, 0.3) is 0 Å². The lowest BCUT2D eigenvalue weighted by atomic mass is 9.97. The number of rotatable bonds is 8. The molecule has 0 bridgehead atoms. The summed E-state index contributed by atoms with van der Waals surface area (Å²) in [5.74, 6) is 0.483. The van der Waals surface area contributed by atoms with Crippen molar-refractivity contribution in [2.24, 2.45) is 11.8 Å². The summed E-state index contributed by atoms with van der Waals surface area (Å²) in [4.78, 5) is 13.0. The topological polar surface area (TPSA) is 84.3 Å². The van der Waals surface area contributed by atoms with E-state index in [2.05, 4.69) is 31.2 Å². The van der Waals surface area contributed by atoms with Gasteiger partial charge in [-0.25, -0.2) is 8.42 Å². The van der Waals surface area contributed by atoms with Gasteiger partial charge in [0.1, 0.15) is 0 Å². The molecule has 7 nitrogen and oxygen atoms in total. The van der Waals surface area contributed by atoms with Crippen molar-refractivity contribution in [2.45, 2.75) is 64.8 Å². The molecule has 2 heterocycles. The number of sulfonamides is 1. The Balaban J connectivity index is 1.49. The van der Waals surface area contributed by atoms with Gasteiger partial charge >= 0.3 is 0 Å². The van der Waals surface area contributed by atoms with Crippen LogP contribution in [-0.4, -0.2) is 48.0 Å². The van der Waals surface area contributed by atoms with E-state index in [1.54, 1.807) is 12.1 Å². The van der Waals surface area contributed by atoms with Crippen molar-refractivity contribution in [2.75, 3.05) is 19.6 Å². The summed E-state index contributed by atoms with van der Waals surface area (Å²) in [7, 11) is -3.52. The predicted molar refractivity (Wildman–Crippen MR) is 126 cm³/mol. The number of nitrogens with zero attached hydrogens (tertiary/aromatic N) is 3. The molecular weight excluding hydrogens is 424 g/mol. The van der Waals surface area contributed by atoms with Crippen LogP contribution in [0.15, 0.2) is 35.2 Å². The summed E-state index contributed by atoms with van der Waals surface area (Å²) in [6.07, 6.45) is 1.09. The molecule has 1 N–H and O–H groups in total. The number of amides is 1. The number of aryl methyl sites for hydroxylation is 2. The van der Waals surface area contributed by atoms with Crippen LogP contribution in [0.1, 0.15) is 56.5 Å². The summed E-state index contributed by atoms with van der Waals surface area (Å²) >= 11 is 0. The van der Waals surface area contributed by atoms with Gasteiger partial charge in [0.05, 0.1) is 10.6 Å². The van der Waals surface area contributed by atoms with Gasteiger partial charge in [0.15, 0.2) is 0 Å². The Morgan fingerprint density at radius 1 is 1.12 bits per heavy atom. The molecule has 1 atom stereocenters.